The predicted molar refractivity (Wildman–Crippen MR) is 68.5 cm³/mol. The molecular weight excluding hydrogens is 240 g/mol. The van der Waals surface area contributed by atoms with Crippen LogP contribution in [-0.4, -0.2) is 47.8 Å². The van der Waals surface area contributed by atoms with Crippen LogP contribution in [0.25, 0.3) is 0 Å². The summed E-state index contributed by atoms with van der Waals surface area (Å²) in [6.07, 6.45) is 0. The Balaban J connectivity index is 2.74. The van der Waals surface area contributed by atoms with Gasteiger partial charge in [0, 0.05) is 19.6 Å². The molecule has 0 aliphatic carbocycles. The molecule has 0 unspecified atom stereocenters. The molecule has 0 saturated carbocycles. The lowest BCUT2D eigenvalue weighted by Crippen LogP contribution is -2.32. The van der Waals surface area contributed by atoms with E-state index in [9.17, 15) is 4.79 Å². The second-order valence-electron chi connectivity index (χ2n) is 4.12. The molecule has 1 aromatic rings. The quantitative estimate of drug-likeness (QED) is 0.862. The van der Waals surface area contributed by atoms with Crippen LogP contribution in [0.15, 0.2) is 0 Å². The molecule has 0 radical (unpaired) electrons. The highest BCUT2D eigenvalue weighted by molar-refractivity contribution is 6.34. The Hall–Kier alpha value is -1.07. The lowest BCUT2D eigenvalue weighted by molar-refractivity contribution is 0.0940. The van der Waals surface area contributed by atoms with Crippen molar-refractivity contribution in [1.29, 1.82) is 0 Å². The van der Waals surface area contributed by atoms with Gasteiger partial charge in [0.05, 0.1) is 10.7 Å². The summed E-state index contributed by atoms with van der Waals surface area (Å²) in [5.41, 5.74) is 1.14. The van der Waals surface area contributed by atoms with Crippen molar-refractivity contribution in [3.8, 4) is 0 Å². The molecule has 0 aromatic carbocycles. The van der Waals surface area contributed by atoms with Gasteiger partial charge in [-0.05, 0) is 27.9 Å². The van der Waals surface area contributed by atoms with E-state index in [1.807, 2.05) is 25.9 Å². The highest BCUT2D eigenvalue weighted by Crippen LogP contribution is 2.19. The number of likely N-dealkylation sites (N-methyl/N-ethyl adjacent to an activating group) is 1. The topological polar surface area (TPSA) is 50.2 Å². The van der Waals surface area contributed by atoms with Gasteiger partial charge in [0.1, 0.15) is 5.69 Å². The van der Waals surface area contributed by atoms with E-state index in [0.29, 0.717) is 29.5 Å². The molecule has 1 rings (SSSR count). The molecule has 1 heterocycles. The fourth-order valence-corrected chi connectivity index (χ4v) is 1.70. The molecular formula is C11H19ClN4O. The molecule has 0 spiro atoms. The van der Waals surface area contributed by atoms with Crippen LogP contribution in [0.5, 0.6) is 0 Å². The lowest BCUT2D eigenvalue weighted by Gasteiger charge is -2.11. The summed E-state index contributed by atoms with van der Waals surface area (Å²) < 4.78 is 1.63. The van der Waals surface area contributed by atoms with E-state index in [4.69, 9.17) is 11.6 Å². The maximum absolute atomic E-state index is 12.0. The number of aromatic nitrogens is 2. The first kappa shape index (κ1) is 14.0. The van der Waals surface area contributed by atoms with Gasteiger partial charge in [0.2, 0.25) is 0 Å². The summed E-state index contributed by atoms with van der Waals surface area (Å²) >= 11 is 6.07. The minimum atomic E-state index is -0.167. The number of carbonyl (C=O) groups excluding carboxylic acids is 1. The van der Waals surface area contributed by atoms with E-state index in [-0.39, 0.29) is 5.91 Å². The minimum Gasteiger partial charge on any atom is -0.349 e. The molecule has 0 aliphatic heterocycles. The van der Waals surface area contributed by atoms with E-state index in [1.54, 1.807) is 11.6 Å². The molecule has 0 bridgehead atoms. The van der Waals surface area contributed by atoms with Crippen molar-refractivity contribution in [1.82, 2.24) is 20.0 Å². The molecule has 5 nitrogen and oxygen atoms in total. The minimum absolute atomic E-state index is 0.167. The van der Waals surface area contributed by atoms with Crippen LogP contribution in [-0.2, 0) is 6.54 Å². The number of nitrogens with one attached hydrogen (secondary N) is 1. The van der Waals surface area contributed by atoms with Crippen LogP contribution in [0.1, 0.15) is 23.1 Å². The van der Waals surface area contributed by atoms with Crippen molar-refractivity contribution in [3.05, 3.63) is 16.4 Å². The Morgan fingerprint density at radius 3 is 2.71 bits per heavy atom. The van der Waals surface area contributed by atoms with Crippen LogP contribution >= 0.6 is 11.6 Å². The number of hydrogen-bond donors (Lipinski definition) is 1. The van der Waals surface area contributed by atoms with E-state index in [2.05, 4.69) is 10.4 Å². The van der Waals surface area contributed by atoms with Crippen LogP contribution in [0, 0.1) is 6.92 Å². The standard InChI is InChI=1S/C11H19ClN4O/c1-5-16-10(9(12)8(2)14-16)11(17)13-6-7-15(3)4/h5-7H2,1-4H3,(H,13,17). The summed E-state index contributed by atoms with van der Waals surface area (Å²) in [6.45, 7) is 5.74. The predicted octanol–water partition coefficient (Wildman–Crippen LogP) is 1.16. The summed E-state index contributed by atoms with van der Waals surface area (Å²) in [7, 11) is 3.92. The average Bonchev–Trinajstić information content (AvgIpc) is 2.54. The van der Waals surface area contributed by atoms with Gasteiger partial charge < -0.3 is 10.2 Å². The lowest BCUT2D eigenvalue weighted by atomic mass is 10.3. The molecule has 1 N–H and O–H groups in total. The fourth-order valence-electron chi connectivity index (χ4n) is 1.48. The number of amides is 1. The third-order valence-corrected chi connectivity index (χ3v) is 2.87. The monoisotopic (exact) mass is 258 g/mol. The van der Waals surface area contributed by atoms with Crippen LogP contribution in [0.4, 0.5) is 0 Å². The Morgan fingerprint density at radius 2 is 2.18 bits per heavy atom. The van der Waals surface area contributed by atoms with Crippen LogP contribution in [0.2, 0.25) is 5.02 Å². The van der Waals surface area contributed by atoms with Gasteiger partial charge in [-0.3, -0.25) is 9.48 Å². The summed E-state index contributed by atoms with van der Waals surface area (Å²) in [5.74, 6) is -0.167. The average molecular weight is 259 g/mol. The third-order valence-electron chi connectivity index (χ3n) is 2.41. The van der Waals surface area contributed by atoms with Gasteiger partial charge in [0.15, 0.2) is 0 Å². The van der Waals surface area contributed by atoms with Gasteiger partial charge in [0.25, 0.3) is 5.91 Å². The molecule has 0 aliphatic rings. The highest BCUT2D eigenvalue weighted by Gasteiger charge is 2.19. The Bertz CT molecular complexity index is 400. The van der Waals surface area contributed by atoms with Gasteiger partial charge >= 0.3 is 0 Å². The first-order chi connectivity index (χ1) is 7.97. The number of hydrogen-bond acceptors (Lipinski definition) is 3. The van der Waals surface area contributed by atoms with Gasteiger partial charge in [-0.15, -0.1) is 0 Å². The molecule has 96 valence electrons. The summed E-state index contributed by atoms with van der Waals surface area (Å²) in [6, 6.07) is 0. The van der Waals surface area contributed by atoms with Crippen molar-refractivity contribution < 1.29 is 4.79 Å². The summed E-state index contributed by atoms with van der Waals surface area (Å²) in [5, 5.41) is 7.48. The van der Waals surface area contributed by atoms with Crippen molar-refractivity contribution in [2.75, 3.05) is 27.2 Å². The van der Waals surface area contributed by atoms with E-state index in [1.165, 1.54) is 0 Å². The Labute approximate surface area is 107 Å². The fraction of sp³-hybridized carbons (Fsp3) is 0.636. The molecule has 6 heteroatoms. The summed E-state index contributed by atoms with van der Waals surface area (Å²) in [4.78, 5) is 14.0. The zero-order valence-electron chi connectivity index (χ0n) is 10.7. The van der Waals surface area contributed by atoms with E-state index < -0.39 is 0 Å². The first-order valence-electron chi connectivity index (χ1n) is 5.63. The SMILES string of the molecule is CCn1nc(C)c(Cl)c1C(=O)NCCN(C)C. The number of nitrogens with zero attached hydrogens (tertiary/aromatic N) is 3. The molecule has 0 fully saturated rings. The number of halogens is 1. The maximum Gasteiger partial charge on any atom is 0.271 e. The Kier molecular flexibility index (Phi) is 4.96. The number of carbonyl (C=O) groups is 1. The molecule has 0 atom stereocenters. The maximum atomic E-state index is 12.0. The molecule has 0 saturated heterocycles. The third kappa shape index (κ3) is 3.44. The van der Waals surface area contributed by atoms with Crippen molar-refractivity contribution >= 4 is 17.5 Å². The normalized spacial score (nSPS) is 10.9. The molecule has 1 aromatic heterocycles. The number of rotatable bonds is 5. The highest BCUT2D eigenvalue weighted by atomic mass is 35.5. The second-order valence-corrected chi connectivity index (χ2v) is 4.50. The molecule has 17 heavy (non-hydrogen) atoms. The number of aryl methyl sites for hydroxylation is 2. The van der Waals surface area contributed by atoms with E-state index in [0.717, 1.165) is 6.54 Å². The van der Waals surface area contributed by atoms with Gasteiger partial charge in [-0.2, -0.15) is 5.10 Å². The van der Waals surface area contributed by atoms with Gasteiger partial charge in [-0.1, -0.05) is 11.6 Å². The second kappa shape index (κ2) is 6.02. The van der Waals surface area contributed by atoms with Crippen LogP contribution < -0.4 is 5.32 Å². The van der Waals surface area contributed by atoms with Crippen LogP contribution in [0.3, 0.4) is 0 Å². The van der Waals surface area contributed by atoms with Crippen molar-refractivity contribution in [2.45, 2.75) is 20.4 Å². The zero-order chi connectivity index (χ0) is 13.0. The van der Waals surface area contributed by atoms with Gasteiger partial charge in [-0.25, -0.2) is 0 Å². The first-order valence-corrected chi connectivity index (χ1v) is 6.01. The van der Waals surface area contributed by atoms with Crippen molar-refractivity contribution in [2.24, 2.45) is 0 Å². The van der Waals surface area contributed by atoms with Crippen molar-refractivity contribution in [3.63, 3.8) is 0 Å². The van der Waals surface area contributed by atoms with E-state index >= 15 is 0 Å². The molecule has 1 amide bonds. The zero-order valence-corrected chi connectivity index (χ0v) is 11.5. The smallest absolute Gasteiger partial charge is 0.271 e. The Morgan fingerprint density at radius 1 is 1.53 bits per heavy atom. The largest absolute Gasteiger partial charge is 0.349 e.